The van der Waals surface area contributed by atoms with Crippen molar-refractivity contribution in [2.75, 3.05) is 6.54 Å². The molecule has 182 valence electrons. The number of nitrogens with one attached hydrogen (secondary N) is 1. The van der Waals surface area contributed by atoms with Crippen LogP contribution < -0.4 is 5.32 Å². The van der Waals surface area contributed by atoms with E-state index in [0.717, 1.165) is 53.3 Å². The largest absolute Gasteiger partial charge is 0.351 e. The molecule has 0 fully saturated rings. The maximum Gasteiger partial charge on any atom is 0.258 e. The summed E-state index contributed by atoms with van der Waals surface area (Å²) in [5.41, 5.74) is 6.67. The van der Waals surface area contributed by atoms with Crippen LogP contribution in [0.3, 0.4) is 0 Å². The Morgan fingerprint density at radius 3 is 2.31 bits per heavy atom. The third-order valence-corrected chi connectivity index (χ3v) is 7.03. The fourth-order valence-electron chi connectivity index (χ4n) is 4.65. The number of hydrogen-bond donors (Lipinski definition) is 1. The van der Waals surface area contributed by atoms with E-state index in [1.54, 1.807) is 0 Å². The van der Waals surface area contributed by atoms with Crippen molar-refractivity contribution in [3.05, 3.63) is 113 Å². The van der Waals surface area contributed by atoms with E-state index in [0.29, 0.717) is 11.7 Å². The highest BCUT2D eigenvalue weighted by Crippen LogP contribution is 2.37. The minimum absolute atomic E-state index is 0.169. The van der Waals surface area contributed by atoms with Crippen molar-refractivity contribution in [1.29, 1.82) is 0 Å². The Bertz CT molecular complexity index is 1350. The zero-order valence-corrected chi connectivity index (χ0v) is 21.5. The second-order valence-corrected chi connectivity index (χ2v) is 9.39. The molecule has 0 radical (unpaired) electrons. The summed E-state index contributed by atoms with van der Waals surface area (Å²) in [5, 5.41) is 8.59. The molecule has 1 aliphatic heterocycles. The molecule has 0 saturated heterocycles. The van der Waals surface area contributed by atoms with Gasteiger partial charge in [-0.3, -0.25) is 0 Å². The van der Waals surface area contributed by atoms with Crippen LogP contribution in [0, 0.1) is 0 Å². The van der Waals surface area contributed by atoms with Crippen molar-refractivity contribution in [2.24, 2.45) is 0 Å². The van der Waals surface area contributed by atoms with Crippen LogP contribution in [0.15, 0.2) is 95.1 Å². The quantitative estimate of drug-likeness (QED) is 0.279. The van der Waals surface area contributed by atoms with Gasteiger partial charge in [0.05, 0.1) is 11.6 Å². The number of hydrogen-bond acceptors (Lipinski definition) is 4. The first kappa shape index (κ1) is 23.9. The van der Waals surface area contributed by atoms with E-state index in [-0.39, 0.29) is 6.04 Å². The van der Waals surface area contributed by atoms with Crippen LogP contribution >= 0.6 is 12.2 Å². The molecule has 1 atom stereocenters. The first-order chi connectivity index (χ1) is 17.6. The summed E-state index contributed by atoms with van der Waals surface area (Å²) in [6, 6.07) is 28.9. The first-order valence-corrected chi connectivity index (χ1v) is 12.9. The molecule has 36 heavy (non-hydrogen) atoms. The van der Waals surface area contributed by atoms with Gasteiger partial charge in [-0.1, -0.05) is 97.0 Å². The summed E-state index contributed by atoms with van der Waals surface area (Å²) in [7, 11) is 0. The lowest BCUT2D eigenvalue weighted by Gasteiger charge is -2.37. The molecule has 6 heteroatoms. The lowest BCUT2D eigenvalue weighted by atomic mass is 9.93. The van der Waals surface area contributed by atoms with E-state index in [9.17, 15) is 0 Å². The van der Waals surface area contributed by atoms with Crippen LogP contribution in [0.1, 0.15) is 48.9 Å². The molecule has 4 aromatic rings. The predicted octanol–water partition coefficient (Wildman–Crippen LogP) is 6.59. The molecule has 0 saturated carbocycles. The van der Waals surface area contributed by atoms with Crippen molar-refractivity contribution < 1.29 is 4.52 Å². The number of allylic oxidation sites excluding steroid dienone is 1. The zero-order chi connectivity index (χ0) is 24.9. The van der Waals surface area contributed by atoms with Gasteiger partial charge >= 0.3 is 0 Å². The Labute approximate surface area is 217 Å². The third kappa shape index (κ3) is 5.09. The van der Waals surface area contributed by atoms with Crippen molar-refractivity contribution in [2.45, 2.75) is 39.2 Å². The average Bonchev–Trinajstić information content (AvgIpc) is 3.41. The van der Waals surface area contributed by atoms with E-state index in [2.05, 4.69) is 77.8 Å². The fourth-order valence-corrected chi connectivity index (χ4v) is 4.99. The highest BCUT2D eigenvalue weighted by Gasteiger charge is 2.33. The fraction of sp³-hybridized carbons (Fsp3) is 0.233. The van der Waals surface area contributed by atoms with Crippen LogP contribution in [0.2, 0.25) is 0 Å². The highest BCUT2D eigenvalue weighted by atomic mass is 32.1. The second kappa shape index (κ2) is 10.9. The lowest BCUT2D eigenvalue weighted by Crippen LogP contribution is -2.46. The van der Waals surface area contributed by atoms with E-state index in [4.69, 9.17) is 21.7 Å². The van der Waals surface area contributed by atoms with Gasteiger partial charge in [-0.25, -0.2) is 0 Å². The average molecular weight is 495 g/mol. The smallest absolute Gasteiger partial charge is 0.258 e. The highest BCUT2D eigenvalue weighted by molar-refractivity contribution is 7.80. The van der Waals surface area contributed by atoms with Gasteiger partial charge in [0.15, 0.2) is 5.11 Å². The number of benzene rings is 3. The molecule has 0 bridgehead atoms. The second-order valence-electron chi connectivity index (χ2n) is 9.01. The Balaban J connectivity index is 1.49. The maximum atomic E-state index is 5.86. The predicted molar refractivity (Wildman–Crippen MR) is 148 cm³/mol. The van der Waals surface area contributed by atoms with Crippen molar-refractivity contribution in [3.63, 3.8) is 0 Å². The number of aryl methyl sites for hydroxylation is 2. The molecule has 5 rings (SSSR count). The van der Waals surface area contributed by atoms with Gasteiger partial charge in [0.2, 0.25) is 5.82 Å². The molecule has 5 nitrogen and oxygen atoms in total. The summed E-state index contributed by atoms with van der Waals surface area (Å²) in [4.78, 5) is 6.97. The van der Waals surface area contributed by atoms with E-state index < -0.39 is 0 Å². The SMILES string of the molecule is CCc1ccc(C2NC(=S)N(CCCc3ccccc3)C(C)=C2c2nc(-c3ccccc3)no2)cc1. The van der Waals surface area contributed by atoms with Gasteiger partial charge in [-0.2, -0.15) is 4.98 Å². The van der Waals surface area contributed by atoms with Gasteiger partial charge < -0.3 is 14.7 Å². The van der Waals surface area contributed by atoms with Crippen molar-refractivity contribution in [3.8, 4) is 11.4 Å². The minimum Gasteiger partial charge on any atom is -0.351 e. The minimum atomic E-state index is -0.169. The van der Waals surface area contributed by atoms with Gasteiger partial charge in [0.1, 0.15) is 0 Å². The Kier molecular flexibility index (Phi) is 7.23. The molecule has 3 aromatic carbocycles. The molecule has 0 spiro atoms. The van der Waals surface area contributed by atoms with Gasteiger partial charge in [0, 0.05) is 17.8 Å². The molecule has 1 aliphatic rings. The van der Waals surface area contributed by atoms with Crippen LogP contribution in [-0.2, 0) is 12.8 Å². The number of aromatic nitrogens is 2. The summed E-state index contributed by atoms with van der Waals surface area (Å²) < 4.78 is 5.85. The standard InChI is InChI=1S/C30H30N4OS/c1-3-22-16-18-24(19-17-22)27-26(29-32-28(33-35-29)25-14-8-5-9-15-25)21(2)34(30(36)31-27)20-10-13-23-11-6-4-7-12-23/h4-9,11-12,14-19,27H,3,10,13,20H2,1-2H3,(H,31,36). The lowest BCUT2D eigenvalue weighted by molar-refractivity contribution is 0.396. The molecule has 1 aromatic heterocycles. The number of rotatable bonds is 8. The van der Waals surface area contributed by atoms with Crippen LogP contribution in [0.5, 0.6) is 0 Å². The molecule has 1 unspecified atom stereocenters. The zero-order valence-electron chi connectivity index (χ0n) is 20.6. The maximum absolute atomic E-state index is 5.86. The van der Waals surface area contributed by atoms with E-state index >= 15 is 0 Å². The molecular weight excluding hydrogens is 464 g/mol. The normalized spacial score (nSPS) is 15.8. The van der Waals surface area contributed by atoms with E-state index in [1.165, 1.54) is 11.1 Å². The summed E-state index contributed by atoms with van der Waals surface area (Å²) in [5.74, 6) is 1.09. The summed E-state index contributed by atoms with van der Waals surface area (Å²) in [6.45, 7) is 5.07. The molecule has 0 amide bonds. The Morgan fingerprint density at radius 2 is 1.61 bits per heavy atom. The molecule has 0 aliphatic carbocycles. The topological polar surface area (TPSA) is 54.2 Å². The van der Waals surface area contributed by atoms with Crippen LogP contribution in [0.25, 0.3) is 17.0 Å². The van der Waals surface area contributed by atoms with Gasteiger partial charge in [0.25, 0.3) is 5.89 Å². The van der Waals surface area contributed by atoms with Gasteiger partial charge in [-0.15, -0.1) is 0 Å². The van der Waals surface area contributed by atoms with Crippen molar-refractivity contribution >= 4 is 22.9 Å². The van der Waals surface area contributed by atoms with Crippen LogP contribution in [0.4, 0.5) is 0 Å². The monoisotopic (exact) mass is 494 g/mol. The Morgan fingerprint density at radius 1 is 0.917 bits per heavy atom. The number of thiocarbonyl (C=S) groups is 1. The number of nitrogens with zero attached hydrogens (tertiary/aromatic N) is 3. The third-order valence-electron chi connectivity index (χ3n) is 6.70. The summed E-state index contributed by atoms with van der Waals surface area (Å²) >= 11 is 5.86. The Hall–Kier alpha value is -3.77. The molecule has 2 heterocycles. The van der Waals surface area contributed by atoms with E-state index in [1.807, 2.05) is 36.4 Å². The van der Waals surface area contributed by atoms with Gasteiger partial charge in [-0.05, 0) is 55.1 Å². The first-order valence-electron chi connectivity index (χ1n) is 12.4. The molecule has 1 N–H and O–H groups in total. The van der Waals surface area contributed by atoms with Crippen LogP contribution in [-0.4, -0.2) is 26.7 Å². The molecular formula is C30H30N4OS. The summed E-state index contributed by atoms with van der Waals surface area (Å²) in [6.07, 6.45) is 2.96. The van der Waals surface area contributed by atoms with Crippen molar-refractivity contribution in [1.82, 2.24) is 20.4 Å².